The quantitative estimate of drug-likeness (QED) is 0.597. The second-order valence-electron chi connectivity index (χ2n) is 9.25. The van der Waals surface area contributed by atoms with E-state index in [0.29, 0.717) is 25.8 Å². The third-order valence-electron chi connectivity index (χ3n) is 5.90. The molecule has 2 unspecified atom stereocenters. The van der Waals surface area contributed by atoms with Gasteiger partial charge in [0.1, 0.15) is 0 Å². The van der Waals surface area contributed by atoms with E-state index in [1.807, 2.05) is 24.3 Å². The zero-order valence-electron chi connectivity index (χ0n) is 18.0. The molecule has 2 N–H and O–H groups in total. The Morgan fingerprint density at radius 1 is 1.10 bits per heavy atom. The van der Waals surface area contributed by atoms with Crippen molar-refractivity contribution in [2.45, 2.75) is 58.3 Å². The molecule has 3 rings (SSSR count). The van der Waals surface area contributed by atoms with Crippen LogP contribution in [-0.2, 0) is 12.6 Å². The molecular weight excluding hydrogens is 405 g/mol. The molecule has 2 aromatic rings. The van der Waals surface area contributed by atoms with Crippen LogP contribution >= 0.6 is 0 Å². The van der Waals surface area contributed by atoms with Crippen LogP contribution in [-0.4, -0.2) is 34.7 Å². The first-order chi connectivity index (χ1) is 14.4. The maximum atomic E-state index is 12.8. The number of amides is 1. The number of carboxylic acid groups (broad SMARTS) is 1. The van der Waals surface area contributed by atoms with Gasteiger partial charge in [-0.05, 0) is 54.0 Å². The normalized spacial score (nSPS) is 19.9. The molecule has 2 atom stereocenters. The van der Waals surface area contributed by atoms with Gasteiger partial charge < -0.3 is 15.3 Å². The van der Waals surface area contributed by atoms with E-state index in [1.54, 1.807) is 0 Å². The molecule has 2 aromatic carbocycles. The van der Waals surface area contributed by atoms with Crippen LogP contribution in [0.2, 0.25) is 0 Å². The van der Waals surface area contributed by atoms with E-state index in [2.05, 4.69) is 26.1 Å². The Bertz CT molecular complexity index is 904. The summed E-state index contributed by atoms with van der Waals surface area (Å²) in [4.78, 5) is 13.2. The summed E-state index contributed by atoms with van der Waals surface area (Å²) in [6.45, 7) is 6.62. The SMILES string of the molecule is CC(C)(C)C1CC(Nc2ccccc2Cc2ccc(C(F)(F)F)cc2)CCN1C(=O)O. The molecule has 0 aromatic heterocycles. The summed E-state index contributed by atoms with van der Waals surface area (Å²) in [5, 5.41) is 13.1. The number of hydrogen-bond donors (Lipinski definition) is 2. The van der Waals surface area contributed by atoms with Crippen molar-refractivity contribution < 1.29 is 23.1 Å². The van der Waals surface area contributed by atoms with Crippen LogP contribution in [0.15, 0.2) is 48.5 Å². The van der Waals surface area contributed by atoms with Gasteiger partial charge in [0, 0.05) is 24.3 Å². The number of likely N-dealkylation sites (tertiary alicyclic amines) is 1. The van der Waals surface area contributed by atoms with Crippen LogP contribution in [0.5, 0.6) is 0 Å². The highest BCUT2D eigenvalue weighted by molar-refractivity contribution is 5.66. The second kappa shape index (κ2) is 8.81. The molecule has 0 bridgehead atoms. The average molecular weight is 435 g/mol. The van der Waals surface area contributed by atoms with Gasteiger partial charge in [-0.15, -0.1) is 0 Å². The van der Waals surface area contributed by atoms with Crippen molar-refractivity contribution in [2.24, 2.45) is 5.41 Å². The molecule has 0 radical (unpaired) electrons. The Labute approximate surface area is 181 Å². The molecule has 4 nitrogen and oxygen atoms in total. The third kappa shape index (κ3) is 5.71. The lowest BCUT2D eigenvalue weighted by molar-refractivity contribution is -0.137. The van der Waals surface area contributed by atoms with E-state index < -0.39 is 17.8 Å². The Balaban J connectivity index is 1.74. The van der Waals surface area contributed by atoms with Gasteiger partial charge in [-0.25, -0.2) is 4.79 Å². The fraction of sp³-hybridized carbons (Fsp3) is 0.458. The lowest BCUT2D eigenvalue weighted by Gasteiger charge is -2.45. The summed E-state index contributed by atoms with van der Waals surface area (Å²) in [6.07, 6.45) is -3.32. The minimum atomic E-state index is -4.34. The maximum Gasteiger partial charge on any atom is 0.416 e. The highest BCUT2D eigenvalue weighted by Crippen LogP contribution is 2.34. The van der Waals surface area contributed by atoms with E-state index in [-0.39, 0.29) is 17.5 Å². The smallest absolute Gasteiger partial charge is 0.416 e. The topological polar surface area (TPSA) is 52.6 Å². The molecule has 168 valence electrons. The minimum absolute atomic E-state index is 0.0988. The van der Waals surface area contributed by atoms with Gasteiger partial charge in [0.25, 0.3) is 0 Å². The number of nitrogens with zero attached hydrogens (tertiary/aromatic N) is 1. The highest BCUT2D eigenvalue weighted by atomic mass is 19.4. The van der Waals surface area contributed by atoms with Gasteiger partial charge in [0.2, 0.25) is 0 Å². The van der Waals surface area contributed by atoms with E-state index >= 15 is 0 Å². The fourth-order valence-electron chi connectivity index (χ4n) is 4.21. The molecule has 1 fully saturated rings. The first-order valence-corrected chi connectivity index (χ1v) is 10.5. The van der Waals surface area contributed by atoms with Crippen molar-refractivity contribution in [2.75, 3.05) is 11.9 Å². The van der Waals surface area contributed by atoms with Crippen molar-refractivity contribution in [3.8, 4) is 0 Å². The van der Waals surface area contributed by atoms with Gasteiger partial charge in [0.05, 0.1) is 5.56 Å². The monoisotopic (exact) mass is 434 g/mol. The standard InChI is InChI=1S/C24H29F3N2O2/c1-23(2,3)21-15-19(12-13-29(21)22(30)31)28-20-7-5-4-6-17(20)14-16-8-10-18(11-9-16)24(25,26)27/h4-11,19,21,28H,12-15H2,1-3H3,(H,30,31). The number of alkyl halides is 3. The number of anilines is 1. The molecule has 1 aliphatic rings. The summed E-state index contributed by atoms with van der Waals surface area (Å²) >= 11 is 0. The summed E-state index contributed by atoms with van der Waals surface area (Å²) in [6, 6.07) is 13.0. The molecule has 0 saturated carbocycles. The van der Waals surface area contributed by atoms with Gasteiger partial charge in [0.15, 0.2) is 0 Å². The number of para-hydroxylation sites is 1. The number of hydrogen-bond acceptors (Lipinski definition) is 2. The molecule has 0 aliphatic carbocycles. The number of rotatable bonds is 4. The first-order valence-electron chi connectivity index (χ1n) is 10.5. The number of piperidine rings is 1. The van der Waals surface area contributed by atoms with Gasteiger partial charge in [-0.2, -0.15) is 13.2 Å². The molecule has 7 heteroatoms. The van der Waals surface area contributed by atoms with Crippen molar-refractivity contribution in [3.05, 3.63) is 65.2 Å². The van der Waals surface area contributed by atoms with E-state index in [4.69, 9.17) is 0 Å². The largest absolute Gasteiger partial charge is 0.465 e. The Kier molecular flexibility index (Phi) is 6.53. The average Bonchev–Trinajstić information content (AvgIpc) is 2.68. The number of nitrogens with one attached hydrogen (secondary N) is 1. The number of benzene rings is 2. The highest BCUT2D eigenvalue weighted by Gasteiger charge is 2.38. The summed E-state index contributed by atoms with van der Waals surface area (Å²) < 4.78 is 38.4. The predicted molar refractivity (Wildman–Crippen MR) is 115 cm³/mol. The Morgan fingerprint density at radius 3 is 2.32 bits per heavy atom. The Hall–Kier alpha value is -2.70. The van der Waals surface area contributed by atoms with E-state index in [1.165, 1.54) is 17.0 Å². The van der Waals surface area contributed by atoms with Crippen LogP contribution in [0, 0.1) is 5.41 Å². The van der Waals surface area contributed by atoms with Crippen molar-refractivity contribution in [1.82, 2.24) is 4.90 Å². The van der Waals surface area contributed by atoms with Crippen LogP contribution in [0.3, 0.4) is 0 Å². The molecule has 0 spiro atoms. The van der Waals surface area contributed by atoms with Crippen LogP contribution in [0.4, 0.5) is 23.7 Å². The van der Waals surface area contributed by atoms with Gasteiger partial charge in [-0.3, -0.25) is 0 Å². The van der Waals surface area contributed by atoms with Crippen LogP contribution < -0.4 is 5.32 Å². The molecular formula is C24H29F3N2O2. The zero-order chi connectivity index (χ0) is 22.8. The van der Waals surface area contributed by atoms with E-state index in [9.17, 15) is 23.1 Å². The van der Waals surface area contributed by atoms with Crippen molar-refractivity contribution in [3.63, 3.8) is 0 Å². The Morgan fingerprint density at radius 2 is 1.74 bits per heavy atom. The van der Waals surface area contributed by atoms with Crippen LogP contribution in [0.25, 0.3) is 0 Å². The summed E-state index contributed by atoms with van der Waals surface area (Å²) in [7, 11) is 0. The molecule has 1 amide bonds. The molecule has 1 aliphatic heterocycles. The minimum Gasteiger partial charge on any atom is -0.465 e. The van der Waals surface area contributed by atoms with E-state index in [0.717, 1.165) is 28.9 Å². The maximum absolute atomic E-state index is 12.8. The summed E-state index contributed by atoms with van der Waals surface area (Å²) in [5.41, 5.74) is 1.90. The van der Waals surface area contributed by atoms with Crippen molar-refractivity contribution in [1.29, 1.82) is 0 Å². The van der Waals surface area contributed by atoms with Gasteiger partial charge in [-0.1, -0.05) is 51.1 Å². The zero-order valence-corrected chi connectivity index (χ0v) is 18.0. The first kappa shape index (κ1) is 23.0. The molecule has 1 heterocycles. The predicted octanol–water partition coefficient (Wildman–Crippen LogP) is 6.27. The molecule has 31 heavy (non-hydrogen) atoms. The number of halogens is 3. The lowest BCUT2D eigenvalue weighted by atomic mass is 9.79. The summed E-state index contributed by atoms with van der Waals surface area (Å²) in [5.74, 6) is 0. The molecule has 1 saturated heterocycles. The van der Waals surface area contributed by atoms with Crippen LogP contribution in [0.1, 0.15) is 50.3 Å². The lowest BCUT2D eigenvalue weighted by Crippen LogP contribution is -2.54. The number of carbonyl (C=O) groups is 1. The third-order valence-corrected chi connectivity index (χ3v) is 5.90. The fourth-order valence-corrected chi connectivity index (χ4v) is 4.21. The van der Waals surface area contributed by atoms with Crippen molar-refractivity contribution >= 4 is 11.8 Å². The van der Waals surface area contributed by atoms with Gasteiger partial charge >= 0.3 is 12.3 Å². The second-order valence-corrected chi connectivity index (χ2v) is 9.25.